The summed E-state index contributed by atoms with van der Waals surface area (Å²) in [5.74, 6) is 0. The van der Waals surface area contributed by atoms with Crippen LogP contribution in [0.1, 0.15) is 39.7 Å². The van der Waals surface area contributed by atoms with Gasteiger partial charge in [-0.2, -0.15) is 0 Å². The second kappa shape index (κ2) is 14.9. The first-order valence-corrected chi connectivity index (χ1v) is 9.96. The zero-order chi connectivity index (χ0) is 22.2. The molecular formula is C25H36N4. The van der Waals surface area contributed by atoms with E-state index in [0.717, 1.165) is 17.6 Å². The normalized spacial score (nSPS) is 15.3. The number of nitrogens with one attached hydrogen (secondary N) is 1. The van der Waals surface area contributed by atoms with Gasteiger partial charge >= 0.3 is 0 Å². The lowest BCUT2D eigenvalue weighted by molar-refractivity contribution is 1.07. The first-order valence-electron chi connectivity index (χ1n) is 9.96. The van der Waals surface area contributed by atoms with E-state index in [9.17, 15) is 0 Å². The zero-order valence-corrected chi connectivity index (χ0v) is 18.2. The minimum absolute atomic E-state index is 0.290. The molecule has 7 N–H and O–H groups in total. The van der Waals surface area contributed by atoms with Gasteiger partial charge in [0, 0.05) is 23.4 Å². The SMILES string of the molecule is C=CC(/C(N)=C/CC)=C1/C=CC(/C=C\C)=C(N)C1=N.CC.NCc1ccccc1. The predicted molar refractivity (Wildman–Crippen MR) is 128 cm³/mol. The number of nitrogens with two attached hydrogens (primary N) is 3. The zero-order valence-electron chi connectivity index (χ0n) is 18.2. The number of hydrogen-bond donors (Lipinski definition) is 4. The van der Waals surface area contributed by atoms with Crippen LogP contribution in [0.2, 0.25) is 0 Å². The Morgan fingerprint density at radius 1 is 1.14 bits per heavy atom. The highest BCUT2D eigenvalue weighted by molar-refractivity contribution is 6.14. The lowest BCUT2D eigenvalue weighted by Gasteiger charge is -2.17. The van der Waals surface area contributed by atoms with Crippen molar-refractivity contribution in [1.29, 1.82) is 5.41 Å². The van der Waals surface area contributed by atoms with Gasteiger partial charge in [0.15, 0.2) is 0 Å². The maximum Gasteiger partial charge on any atom is 0.0854 e. The topological polar surface area (TPSA) is 102 Å². The van der Waals surface area contributed by atoms with Gasteiger partial charge < -0.3 is 17.2 Å². The Bertz CT molecular complexity index is 806. The Kier molecular flexibility index (Phi) is 13.3. The first kappa shape index (κ1) is 25.9. The van der Waals surface area contributed by atoms with Crippen molar-refractivity contribution in [2.45, 2.75) is 40.7 Å². The van der Waals surface area contributed by atoms with E-state index in [0.29, 0.717) is 23.5 Å². The quantitative estimate of drug-likeness (QED) is 0.549. The van der Waals surface area contributed by atoms with Crippen LogP contribution in [-0.4, -0.2) is 5.71 Å². The van der Waals surface area contributed by atoms with Crippen LogP contribution < -0.4 is 17.2 Å². The van der Waals surface area contributed by atoms with Crippen molar-refractivity contribution in [1.82, 2.24) is 0 Å². The van der Waals surface area contributed by atoms with Gasteiger partial charge in [0.05, 0.1) is 11.4 Å². The van der Waals surface area contributed by atoms with E-state index in [-0.39, 0.29) is 5.71 Å². The van der Waals surface area contributed by atoms with Crippen molar-refractivity contribution in [3.63, 3.8) is 0 Å². The molecule has 29 heavy (non-hydrogen) atoms. The highest BCUT2D eigenvalue weighted by Gasteiger charge is 2.17. The Morgan fingerprint density at radius 3 is 2.21 bits per heavy atom. The third-order valence-corrected chi connectivity index (χ3v) is 3.93. The molecule has 1 aliphatic rings. The summed E-state index contributed by atoms with van der Waals surface area (Å²) in [6.45, 7) is 12.3. The van der Waals surface area contributed by atoms with Crippen LogP contribution in [0.3, 0.4) is 0 Å². The van der Waals surface area contributed by atoms with Crippen LogP contribution in [-0.2, 0) is 6.54 Å². The van der Waals surface area contributed by atoms with Gasteiger partial charge in [-0.3, -0.25) is 5.41 Å². The lowest BCUT2D eigenvalue weighted by Crippen LogP contribution is -2.19. The number of hydrogen-bond acceptors (Lipinski definition) is 4. The molecule has 156 valence electrons. The third kappa shape index (κ3) is 8.20. The molecule has 1 aromatic carbocycles. The van der Waals surface area contributed by atoms with Crippen molar-refractivity contribution in [3.05, 3.63) is 107 Å². The average molecular weight is 393 g/mol. The molecule has 0 saturated carbocycles. The lowest BCUT2D eigenvalue weighted by atomic mass is 9.91. The summed E-state index contributed by atoms with van der Waals surface area (Å²) < 4.78 is 0. The molecule has 0 radical (unpaired) electrons. The highest BCUT2D eigenvalue weighted by Crippen LogP contribution is 2.23. The summed E-state index contributed by atoms with van der Waals surface area (Å²) in [5, 5.41) is 8.16. The highest BCUT2D eigenvalue weighted by atomic mass is 14.7. The van der Waals surface area contributed by atoms with E-state index in [1.165, 1.54) is 5.56 Å². The molecular weight excluding hydrogens is 356 g/mol. The molecule has 0 unspecified atom stereocenters. The summed E-state index contributed by atoms with van der Waals surface area (Å²) in [6.07, 6.45) is 12.0. The van der Waals surface area contributed by atoms with E-state index in [1.807, 2.05) is 88.4 Å². The number of allylic oxidation sites excluding steroid dienone is 8. The summed E-state index contributed by atoms with van der Waals surface area (Å²) in [6, 6.07) is 9.99. The molecule has 0 amide bonds. The Balaban J connectivity index is 0.000000649. The molecule has 4 heteroatoms. The molecule has 2 rings (SSSR count). The van der Waals surface area contributed by atoms with Crippen LogP contribution in [0.25, 0.3) is 0 Å². The molecule has 0 spiro atoms. The fraction of sp³-hybridized carbons (Fsp3) is 0.240. The standard InChI is InChI=1S/C16H21N3.C7H9N.C2H6/c1-4-7-11-9-10-13(16(19)15(11)18)12(6-3)14(17)8-5-2;8-6-7-4-2-1-3-5-7;1-2/h4,6-10,19H,3,5,17-18H2,1-2H3;1-5H,6,8H2;1-2H3/b7-4-,13-12+,14-8-,19-16?;;. The Hall–Kier alpha value is -3.11. The molecule has 0 saturated heterocycles. The fourth-order valence-electron chi connectivity index (χ4n) is 2.51. The Morgan fingerprint density at radius 2 is 1.76 bits per heavy atom. The minimum Gasteiger partial charge on any atom is -0.398 e. The molecule has 0 fully saturated rings. The second-order valence-corrected chi connectivity index (χ2v) is 5.87. The van der Waals surface area contributed by atoms with Crippen LogP contribution in [0.5, 0.6) is 0 Å². The monoisotopic (exact) mass is 392 g/mol. The largest absolute Gasteiger partial charge is 0.398 e. The van der Waals surface area contributed by atoms with E-state index in [2.05, 4.69) is 6.58 Å². The van der Waals surface area contributed by atoms with Crippen LogP contribution in [0, 0.1) is 5.41 Å². The summed E-state index contributed by atoms with van der Waals surface area (Å²) >= 11 is 0. The number of rotatable bonds is 5. The Labute approximate surface area is 176 Å². The van der Waals surface area contributed by atoms with Gasteiger partial charge in [-0.25, -0.2) is 0 Å². The predicted octanol–water partition coefficient (Wildman–Crippen LogP) is 5.27. The van der Waals surface area contributed by atoms with E-state index < -0.39 is 0 Å². The van der Waals surface area contributed by atoms with Gasteiger partial charge in [0.1, 0.15) is 0 Å². The van der Waals surface area contributed by atoms with Crippen LogP contribution in [0.15, 0.2) is 101 Å². The molecule has 0 heterocycles. The maximum atomic E-state index is 8.16. The van der Waals surface area contributed by atoms with Crippen LogP contribution >= 0.6 is 0 Å². The summed E-state index contributed by atoms with van der Waals surface area (Å²) in [5.41, 5.74) is 22.2. The molecule has 4 nitrogen and oxygen atoms in total. The van der Waals surface area contributed by atoms with E-state index >= 15 is 0 Å². The first-order chi connectivity index (χ1) is 14.0. The smallest absolute Gasteiger partial charge is 0.0854 e. The summed E-state index contributed by atoms with van der Waals surface area (Å²) in [4.78, 5) is 0. The van der Waals surface area contributed by atoms with E-state index in [1.54, 1.807) is 6.08 Å². The van der Waals surface area contributed by atoms with Gasteiger partial charge in [0.25, 0.3) is 0 Å². The van der Waals surface area contributed by atoms with Crippen molar-refractivity contribution >= 4 is 5.71 Å². The van der Waals surface area contributed by atoms with Gasteiger partial charge in [-0.05, 0) is 24.5 Å². The maximum absolute atomic E-state index is 8.16. The molecule has 0 bridgehead atoms. The van der Waals surface area contributed by atoms with Crippen molar-refractivity contribution in [2.24, 2.45) is 17.2 Å². The average Bonchev–Trinajstić information content (AvgIpc) is 2.76. The molecule has 1 aliphatic carbocycles. The molecule has 1 aromatic rings. The van der Waals surface area contributed by atoms with Gasteiger partial charge in [-0.15, -0.1) is 0 Å². The molecule has 0 aromatic heterocycles. The number of benzene rings is 1. The minimum atomic E-state index is 0.290. The van der Waals surface area contributed by atoms with E-state index in [4.69, 9.17) is 22.6 Å². The van der Waals surface area contributed by atoms with Crippen molar-refractivity contribution in [3.8, 4) is 0 Å². The third-order valence-electron chi connectivity index (χ3n) is 3.93. The summed E-state index contributed by atoms with van der Waals surface area (Å²) in [7, 11) is 0. The van der Waals surface area contributed by atoms with Gasteiger partial charge in [-0.1, -0.05) is 94.1 Å². The van der Waals surface area contributed by atoms with Crippen molar-refractivity contribution < 1.29 is 0 Å². The van der Waals surface area contributed by atoms with Crippen molar-refractivity contribution in [2.75, 3.05) is 0 Å². The van der Waals surface area contributed by atoms with Crippen LogP contribution in [0.4, 0.5) is 0 Å². The molecule has 0 atom stereocenters. The molecule has 0 aliphatic heterocycles. The second-order valence-electron chi connectivity index (χ2n) is 5.87. The van der Waals surface area contributed by atoms with Gasteiger partial charge in [0.2, 0.25) is 0 Å². The fourth-order valence-corrected chi connectivity index (χ4v) is 2.51.